The molecule has 0 saturated heterocycles. The molecule has 0 unspecified atom stereocenters. The van der Waals surface area contributed by atoms with Gasteiger partial charge in [-0.1, -0.05) is 6.42 Å². The summed E-state index contributed by atoms with van der Waals surface area (Å²) >= 11 is 0. The van der Waals surface area contributed by atoms with Gasteiger partial charge in [-0.15, -0.1) is 0 Å². The van der Waals surface area contributed by atoms with E-state index in [1.165, 1.54) is 12.8 Å². The van der Waals surface area contributed by atoms with E-state index in [4.69, 9.17) is 11.1 Å². The first kappa shape index (κ1) is 5.76. The summed E-state index contributed by atoms with van der Waals surface area (Å²) in [6.45, 7) is 0. The molecule has 0 heterocycles. The second-order valence-corrected chi connectivity index (χ2v) is 2.38. The van der Waals surface area contributed by atoms with Crippen molar-refractivity contribution in [3.63, 3.8) is 0 Å². The number of rotatable bonds is 0. The van der Waals surface area contributed by atoms with Crippen LogP contribution in [0.25, 0.3) is 0 Å². The predicted molar refractivity (Wildman–Crippen MR) is 34.2 cm³/mol. The average Bonchev–Trinajstić information content (AvgIpc) is 1.77. The van der Waals surface area contributed by atoms with Crippen molar-refractivity contribution in [3.8, 4) is 0 Å². The average molecular weight is 112 g/mol. The van der Waals surface area contributed by atoms with Crippen LogP contribution in [0.15, 0.2) is 0 Å². The molecule has 0 bridgehead atoms. The first-order valence-corrected chi connectivity index (χ1v) is 3.13. The molecule has 1 atom stereocenters. The molecule has 8 heavy (non-hydrogen) atoms. The molecule has 0 aromatic rings. The molecule has 2 nitrogen and oxygen atoms in total. The molecule has 0 aromatic carbocycles. The largest absolute Gasteiger partial charge is 0.323 e. The van der Waals surface area contributed by atoms with Crippen molar-refractivity contribution in [2.24, 2.45) is 5.73 Å². The molecule has 3 N–H and O–H groups in total. The Morgan fingerprint density at radius 2 is 2.25 bits per heavy atom. The Morgan fingerprint density at radius 3 is 2.62 bits per heavy atom. The minimum absolute atomic E-state index is 0.0868. The molecule has 2 heteroatoms. The maximum atomic E-state index is 7.27. The van der Waals surface area contributed by atoms with Crippen LogP contribution in [0.3, 0.4) is 0 Å². The first-order chi connectivity index (χ1) is 3.80. The summed E-state index contributed by atoms with van der Waals surface area (Å²) in [5.74, 6) is 0. The van der Waals surface area contributed by atoms with Gasteiger partial charge in [0.2, 0.25) is 0 Å². The molecule has 0 radical (unpaired) electrons. The van der Waals surface area contributed by atoms with Gasteiger partial charge in [0.05, 0.1) is 0 Å². The molecule has 1 aliphatic carbocycles. The lowest BCUT2D eigenvalue weighted by atomic mass is 9.94. The van der Waals surface area contributed by atoms with E-state index in [1.807, 2.05) is 0 Å². The molecule has 1 aliphatic rings. The van der Waals surface area contributed by atoms with E-state index in [2.05, 4.69) is 0 Å². The standard InChI is InChI=1S/C6H12N2/c7-5-3-1-2-4-6(5)8/h5,8H,1-4,7H2/t5-/m0/s1. The van der Waals surface area contributed by atoms with Crippen LogP contribution in [-0.4, -0.2) is 11.8 Å². The van der Waals surface area contributed by atoms with E-state index < -0.39 is 0 Å². The Hall–Kier alpha value is -0.370. The quantitative estimate of drug-likeness (QED) is 0.480. The third kappa shape index (κ3) is 1.07. The molecule has 0 aromatic heterocycles. The van der Waals surface area contributed by atoms with Crippen molar-refractivity contribution in [2.45, 2.75) is 31.7 Å². The van der Waals surface area contributed by atoms with Gasteiger partial charge in [0.1, 0.15) is 0 Å². The van der Waals surface area contributed by atoms with Crippen molar-refractivity contribution in [1.82, 2.24) is 0 Å². The van der Waals surface area contributed by atoms with Crippen LogP contribution in [0.4, 0.5) is 0 Å². The lowest BCUT2D eigenvalue weighted by Crippen LogP contribution is -2.32. The summed E-state index contributed by atoms with van der Waals surface area (Å²) in [6, 6.07) is 0.0868. The molecule has 0 amide bonds. The number of nitrogens with one attached hydrogen (secondary N) is 1. The summed E-state index contributed by atoms with van der Waals surface area (Å²) in [5, 5.41) is 7.27. The maximum Gasteiger partial charge on any atom is 0.0423 e. The summed E-state index contributed by atoms with van der Waals surface area (Å²) < 4.78 is 0. The van der Waals surface area contributed by atoms with Gasteiger partial charge < -0.3 is 11.1 Å². The fourth-order valence-corrected chi connectivity index (χ4v) is 1.04. The van der Waals surface area contributed by atoms with Gasteiger partial charge in [-0.25, -0.2) is 0 Å². The second-order valence-electron chi connectivity index (χ2n) is 2.38. The van der Waals surface area contributed by atoms with Gasteiger partial charge in [0, 0.05) is 11.8 Å². The Labute approximate surface area is 49.6 Å². The zero-order valence-electron chi connectivity index (χ0n) is 4.98. The van der Waals surface area contributed by atoms with Crippen LogP contribution < -0.4 is 5.73 Å². The fourth-order valence-electron chi connectivity index (χ4n) is 1.04. The van der Waals surface area contributed by atoms with Crippen molar-refractivity contribution >= 4 is 5.71 Å². The summed E-state index contributed by atoms with van der Waals surface area (Å²) in [5.41, 5.74) is 6.30. The van der Waals surface area contributed by atoms with E-state index >= 15 is 0 Å². The lowest BCUT2D eigenvalue weighted by Gasteiger charge is -2.17. The van der Waals surface area contributed by atoms with Crippen LogP contribution in [0, 0.1) is 5.41 Å². The second kappa shape index (κ2) is 2.27. The van der Waals surface area contributed by atoms with E-state index in [0.29, 0.717) is 0 Å². The monoisotopic (exact) mass is 112 g/mol. The van der Waals surface area contributed by atoms with E-state index in [-0.39, 0.29) is 6.04 Å². The van der Waals surface area contributed by atoms with E-state index in [0.717, 1.165) is 18.6 Å². The van der Waals surface area contributed by atoms with Gasteiger partial charge in [0.15, 0.2) is 0 Å². The third-order valence-corrected chi connectivity index (χ3v) is 1.66. The van der Waals surface area contributed by atoms with Gasteiger partial charge in [-0.2, -0.15) is 0 Å². The summed E-state index contributed by atoms with van der Waals surface area (Å²) in [6.07, 6.45) is 4.34. The molecule has 0 spiro atoms. The first-order valence-electron chi connectivity index (χ1n) is 3.13. The van der Waals surface area contributed by atoms with Crippen LogP contribution in [0.2, 0.25) is 0 Å². The zero-order valence-corrected chi connectivity index (χ0v) is 4.98. The molecular formula is C6H12N2. The molecular weight excluding hydrogens is 100 g/mol. The van der Waals surface area contributed by atoms with Crippen molar-refractivity contribution in [2.75, 3.05) is 0 Å². The molecule has 1 fully saturated rings. The van der Waals surface area contributed by atoms with Gasteiger partial charge in [0.25, 0.3) is 0 Å². The highest BCUT2D eigenvalue weighted by Crippen LogP contribution is 2.12. The Balaban J connectivity index is 2.39. The van der Waals surface area contributed by atoms with E-state index in [9.17, 15) is 0 Å². The van der Waals surface area contributed by atoms with Crippen LogP contribution in [-0.2, 0) is 0 Å². The van der Waals surface area contributed by atoms with Gasteiger partial charge in [-0.05, 0) is 19.3 Å². The summed E-state index contributed by atoms with van der Waals surface area (Å²) in [7, 11) is 0. The van der Waals surface area contributed by atoms with Crippen LogP contribution in [0.5, 0.6) is 0 Å². The molecule has 1 rings (SSSR count). The Bertz CT molecular complexity index is 98.7. The van der Waals surface area contributed by atoms with Gasteiger partial charge >= 0.3 is 0 Å². The highest BCUT2D eigenvalue weighted by molar-refractivity contribution is 5.86. The van der Waals surface area contributed by atoms with Gasteiger partial charge in [-0.3, -0.25) is 0 Å². The number of hydrogen-bond donors (Lipinski definition) is 2. The number of hydrogen-bond acceptors (Lipinski definition) is 2. The normalized spacial score (nSPS) is 30.6. The van der Waals surface area contributed by atoms with Crippen molar-refractivity contribution in [1.29, 1.82) is 5.41 Å². The predicted octanol–water partition coefficient (Wildman–Crippen LogP) is 0.907. The van der Waals surface area contributed by atoms with Crippen molar-refractivity contribution < 1.29 is 0 Å². The fraction of sp³-hybridized carbons (Fsp3) is 0.833. The maximum absolute atomic E-state index is 7.27. The highest BCUT2D eigenvalue weighted by atomic mass is 14.7. The zero-order chi connectivity index (χ0) is 5.98. The Morgan fingerprint density at radius 1 is 1.50 bits per heavy atom. The Kier molecular flexibility index (Phi) is 1.63. The van der Waals surface area contributed by atoms with Crippen LogP contribution >= 0.6 is 0 Å². The minimum atomic E-state index is 0.0868. The van der Waals surface area contributed by atoms with Crippen molar-refractivity contribution in [3.05, 3.63) is 0 Å². The molecule has 0 aliphatic heterocycles. The number of nitrogens with two attached hydrogens (primary N) is 1. The molecule has 1 saturated carbocycles. The molecule has 46 valence electrons. The third-order valence-electron chi connectivity index (χ3n) is 1.66. The van der Waals surface area contributed by atoms with E-state index in [1.54, 1.807) is 0 Å². The summed E-state index contributed by atoms with van der Waals surface area (Å²) in [4.78, 5) is 0. The highest BCUT2D eigenvalue weighted by Gasteiger charge is 2.13. The lowest BCUT2D eigenvalue weighted by molar-refractivity contribution is 0.604. The van der Waals surface area contributed by atoms with Crippen LogP contribution in [0.1, 0.15) is 25.7 Å². The smallest absolute Gasteiger partial charge is 0.0423 e. The SMILES string of the molecule is N=C1CCCC[C@@H]1N. The topological polar surface area (TPSA) is 49.9 Å². The minimum Gasteiger partial charge on any atom is -0.323 e.